The van der Waals surface area contributed by atoms with Crippen molar-refractivity contribution < 1.29 is 9.53 Å². The van der Waals surface area contributed by atoms with Crippen LogP contribution in [0.1, 0.15) is 30.6 Å². The molecule has 0 amide bonds. The number of aromatic nitrogens is 3. The third-order valence-electron chi connectivity index (χ3n) is 6.35. The molecule has 2 aliphatic rings. The summed E-state index contributed by atoms with van der Waals surface area (Å²) in [6.07, 6.45) is 2.75. The highest BCUT2D eigenvalue weighted by Crippen LogP contribution is 2.37. The molecule has 8 nitrogen and oxygen atoms in total. The summed E-state index contributed by atoms with van der Waals surface area (Å²) in [6, 6.07) is 13.8. The van der Waals surface area contributed by atoms with E-state index in [-0.39, 0.29) is 17.8 Å². The Morgan fingerprint density at radius 2 is 1.94 bits per heavy atom. The fourth-order valence-corrected chi connectivity index (χ4v) is 4.61. The number of rotatable bonds is 6. The molecule has 2 atom stereocenters. The van der Waals surface area contributed by atoms with Crippen LogP contribution in [-0.2, 0) is 11.3 Å². The van der Waals surface area contributed by atoms with Gasteiger partial charge in [0.1, 0.15) is 0 Å². The standard InChI is InChI=1S/C24H29N5O3/c1-17(2)32-23(30)18-6-5-7-20(14-18)26-10-12-27(13-11-26)21-15-19(21)16-29-24(31)28-9-4-3-8-22(28)25-29/h3-9,14,17,19,21H,10-13,15-16H2,1-2H3. The molecule has 2 aromatic heterocycles. The predicted molar refractivity (Wildman–Crippen MR) is 122 cm³/mol. The largest absolute Gasteiger partial charge is 0.459 e. The number of anilines is 1. The van der Waals surface area contributed by atoms with E-state index >= 15 is 0 Å². The van der Waals surface area contributed by atoms with Crippen molar-refractivity contribution in [1.82, 2.24) is 19.1 Å². The Balaban J connectivity index is 1.17. The van der Waals surface area contributed by atoms with Crippen molar-refractivity contribution in [2.75, 3.05) is 31.1 Å². The summed E-state index contributed by atoms with van der Waals surface area (Å²) in [5, 5.41) is 4.47. The first-order valence-corrected chi connectivity index (χ1v) is 11.3. The van der Waals surface area contributed by atoms with Gasteiger partial charge in [-0.3, -0.25) is 9.30 Å². The van der Waals surface area contributed by atoms with Gasteiger partial charge in [-0.1, -0.05) is 12.1 Å². The van der Waals surface area contributed by atoms with Crippen LogP contribution in [0.3, 0.4) is 0 Å². The molecule has 8 heteroatoms. The molecular weight excluding hydrogens is 406 g/mol. The minimum Gasteiger partial charge on any atom is -0.459 e. The van der Waals surface area contributed by atoms with Gasteiger partial charge in [-0.15, -0.1) is 5.10 Å². The van der Waals surface area contributed by atoms with Crippen molar-refractivity contribution in [2.45, 2.75) is 39.0 Å². The number of benzene rings is 1. The van der Waals surface area contributed by atoms with E-state index in [0.29, 0.717) is 29.7 Å². The number of carbonyl (C=O) groups excluding carboxylic acids is 1. The highest BCUT2D eigenvalue weighted by Gasteiger charge is 2.43. The van der Waals surface area contributed by atoms with Crippen molar-refractivity contribution in [2.24, 2.45) is 5.92 Å². The fourth-order valence-electron chi connectivity index (χ4n) is 4.61. The Kier molecular flexibility index (Phi) is 5.46. The van der Waals surface area contributed by atoms with Crippen molar-refractivity contribution in [3.8, 4) is 0 Å². The van der Waals surface area contributed by atoms with Crippen LogP contribution in [0.15, 0.2) is 53.5 Å². The van der Waals surface area contributed by atoms with Gasteiger partial charge in [-0.05, 0) is 56.5 Å². The average molecular weight is 436 g/mol. The minimum atomic E-state index is -0.275. The zero-order valence-corrected chi connectivity index (χ0v) is 18.6. The Hall–Kier alpha value is -3.13. The lowest BCUT2D eigenvalue weighted by molar-refractivity contribution is 0.0378. The van der Waals surface area contributed by atoms with Crippen molar-refractivity contribution in [3.05, 3.63) is 64.7 Å². The number of esters is 1. The Morgan fingerprint density at radius 3 is 2.69 bits per heavy atom. The van der Waals surface area contributed by atoms with Gasteiger partial charge >= 0.3 is 11.7 Å². The van der Waals surface area contributed by atoms with E-state index in [9.17, 15) is 9.59 Å². The SMILES string of the molecule is CC(C)OC(=O)c1cccc(N2CCN(C3CC3Cn3nc4ccccn4c3=O)CC2)c1. The number of hydrogen-bond donors (Lipinski definition) is 0. The molecule has 1 aliphatic heterocycles. The summed E-state index contributed by atoms with van der Waals surface area (Å²) >= 11 is 0. The van der Waals surface area contributed by atoms with E-state index < -0.39 is 0 Å². The van der Waals surface area contributed by atoms with Crippen LogP contribution in [0, 0.1) is 5.92 Å². The number of carbonyl (C=O) groups is 1. The highest BCUT2D eigenvalue weighted by atomic mass is 16.5. The van der Waals surface area contributed by atoms with Crippen molar-refractivity contribution >= 4 is 17.3 Å². The summed E-state index contributed by atoms with van der Waals surface area (Å²) in [6.45, 7) is 8.17. The number of hydrogen-bond acceptors (Lipinski definition) is 6. The molecule has 1 saturated carbocycles. The third-order valence-corrected chi connectivity index (χ3v) is 6.35. The molecule has 3 aromatic rings. The Labute approximate surface area is 187 Å². The second-order valence-corrected chi connectivity index (χ2v) is 8.98. The summed E-state index contributed by atoms with van der Waals surface area (Å²) in [4.78, 5) is 29.6. The number of piperazine rings is 1. The third kappa shape index (κ3) is 4.14. The van der Waals surface area contributed by atoms with Gasteiger partial charge in [0.15, 0.2) is 5.65 Å². The second kappa shape index (κ2) is 8.43. The van der Waals surface area contributed by atoms with E-state index in [0.717, 1.165) is 38.3 Å². The van der Waals surface area contributed by atoms with Crippen LogP contribution in [0.4, 0.5) is 5.69 Å². The Bertz CT molecular complexity index is 1180. The summed E-state index contributed by atoms with van der Waals surface area (Å²) in [7, 11) is 0. The topological polar surface area (TPSA) is 72.1 Å². The Morgan fingerprint density at radius 1 is 1.12 bits per heavy atom. The van der Waals surface area contributed by atoms with E-state index in [1.54, 1.807) is 21.3 Å². The number of nitrogens with zero attached hydrogens (tertiary/aromatic N) is 5. The molecule has 1 saturated heterocycles. The molecule has 5 rings (SSSR count). The zero-order valence-electron chi connectivity index (χ0n) is 18.6. The maximum absolute atomic E-state index is 12.5. The number of pyridine rings is 1. The molecule has 0 N–H and O–H groups in total. The van der Waals surface area contributed by atoms with Crippen LogP contribution in [0.2, 0.25) is 0 Å². The maximum Gasteiger partial charge on any atom is 0.350 e. The van der Waals surface area contributed by atoms with Gasteiger partial charge < -0.3 is 9.64 Å². The summed E-state index contributed by atoms with van der Waals surface area (Å²) in [5.74, 6) is 0.196. The molecule has 1 aromatic carbocycles. The second-order valence-electron chi connectivity index (χ2n) is 8.98. The van der Waals surface area contributed by atoms with E-state index in [4.69, 9.17) is 4.74 Å². The monoisotopic (exact) mass is 435 g/mol. The minimum absolute atomic E-state index is 0.0630. The quantitative estimate of drug-likeness (QED) is 0.553. The first kappa shape index (κ1) is 20.8. The van der Waals surface area contributed by atoms with Crippen LogP contribution in [-0.4, -0.2) is 63.4 Å². The molecule has 2 unspecified atom stereocenters. The number of fused-ring (bicyclic) bond motifs is 1. The molecule has 3 heterocycles. The van der Waals surface area contributed by atoms with Crippen LogP contribution < -0.4 is 10.6 Å². The normalized spacial score (nSPS) is 21.3. The van der Waals surface area contributed by atoms with Gasteiger partial charge in [0.25, 0.3) is 0 Å². The molecule has 32 heavy (non-hydrogen) atoms. The van der Waals surface area contributed by atoms with E-state index in [1.165, 1.54) is 0 Å². The molecule has 0 spiro atoms. The molecular formula is C24H29N5O3. The molecule has 0 bridgehead atoms. The van der Waals surface area contributed by atoms with Crippen LogP contribution in [0.25, 0.3) is 5.65 Å². The average Bonchev–Trinajstić information content (AvgIpc) is 3.50. The first-order chi connectivity index (χ1) is 15.5. The smallest absolute Gasteiger partial charge is 0.350 e. The maximum atomic E-state index is 12.5. The molecule has 0 radical (unpaired) electrons. The highest BCUT2D eigenvalue weighted by molar-refractivity contribution is 5.90. The zero-order chi connectivity index (χ0) is 22.2. The van der Waals surface area contributed by atoms with Gasteiger partial charge in [0.05, 0.1) is 18.2 Å². The lowest BCUT2D eigenvalue weighted by Crippen LogP contribution is -2.47. The fraction of sp³-hybridized carbons (Fsp3) is 0.458. The van der Waals surface area contributed by atoms with E-state index in [1.807, 2.05) is 44.2 Å². The lowest BCUT2D eigenvalue weighted by atomic mass is 10.1. The molecule has 168 valence electrons. The lowest BCUT2D eigenvalue weighted by Gasteiger charge is -2.36. The summed E-state index contributed by atoms with van der Waals surface area (Å²) in [5.41, 5.74) is 2.29. The molecule has 1 aliphatic carbocycles. The van der Waals surface area contributed by atoms with E-state index in [2.05, 4.69) is 21.0 Å². The first-order valence-electron chi connectivity index (χ1n) is 11.3. The van der Waals surface area contributed by atoms with Gasteiger partial charge in [-0.25, -0.2) is 14.3 Å². The van der Waals surface area contributed by atoms with Crippen molar-refractivity contribution in [3.63, 3.8) is 0 Å². The van der Waals surface area contributed by atoms with Gasteiger partial charge in [0.2, 0.25) is 0 Å². The van der Waals surface area contributed by atoms with Crippen LogP contribution in [0.5, 0.6) is 0 Å². The number of ether oxygens (including phenoxy) is 1. The van der Waals surface area contributed by atoms with Crippen molar-refractivity contribution in [1.29, 1.82) is 0 Å². The summed E-state index contributed by atoms with van der Waals surface area (Å²) < 4.78 is 8.53. The van der Waals surface area contributed by atoms with Gasteiger partial charge in [0, 0.05) is 44.1 Å². The predicted octanol–water partition coefficient (Wildman–Crippen LogP) is 2.27. The molecule has 2 fully saturated rings. The van der Waals surface area contributed by atoms with Gasteiger partial charge in [-0.2, -0.15) is 0 Å². The van der Waals surface area contributed by atoms with Crippen LogP contribution >= 0.6 is 0 Å².